The molecule has 39 nitrogen and oxygen atoms in total. The van der Waals surface area contributed by atoms with Crippen LogP contribution in [0.2, 0.25) is 0 Å². The summed E-state index contributed by atoms with van der Waals surface area (Å²) >= 11 is 25.3. The number of hydrogen-bond acceptors (Lipinski definition) is 31. The van der Waals surface area contributed by atoms with E-state index < -0.39 is 28.4 Å². The molecule has 0 amide bonds. The zero-order valence-corrected chi connectivity index (χ0v) is 90.6. The van der Waals surface area contributed by atoms with Crippen molar-refractivity contribution in [1.29, 1.82) is 0 Å². The van der Waals surface area contributed by atoms with Crippen LogP contribution >= 0.6 is 28.4 Å². The Bertz CT molecular complexity index is 5290. The second kappa shape index (κ2) is 51.5. The summed E-state index contributed by atoms with van der Waals surface area (Å²) in [6.07, 6.45) is 13.7. The second-order valence-corrected chi connectivity index (χ2v) is 50.8. The smallest absolute Gasteiger partial charge is 0.424 e. The minimum atomic E-state index is -3.97. The summed E-state index contributed by atoms with van der Waals surface area (Å²) in [5, 5.41) is 125. The van der Waals surface area contributed by atoms with Gasteiger partial charge in [0.2, 0.25) is 0 Å². The summed E-state index contributed by atoms with van der Waals surface area (Å²) < 4.78 is 66.5. The molecule has 0 heterocycles. The van der Waals surface area contributed by atoms with E-state index in [1.165, 1.54) is 51.6 Å². The standard InChI is InChI=1S/C96H120N24O15P4S4/c1-112(136(140,127-82-40-22-73(23-41-82)58-97-106-91(121)67-115(4,5)6)128-83-42-24-74(25-43-83)59-98-107-92(122)68-116(7,8)9)103-64-79-34-52-88(53-35-79)133-139(143,134-89-54-36-80(37-55-89)65-104-113(2)137(141,129-84-44-26-75(27-45-84)60-99-108-93(123)69-117(10,11)12)130-85-46-28-76(29-47-85)61-100-109-94(124)70-118(13,14)15)135-90-56-38-81(39-57-90)66-105-114(3)138(142,131-86-48-30-77(31-49-86)62-101-110-95(125)71-119(16,17)18)132-87-50-32-78(33-51-87)63-102-111-96(126)72-120(19,20)21/h22-66H,67-72H2,1-21H3/p+6/b97-58-,98-59-,99-60-,100-61-,101-62-,102-63-,103-64-,104-65-,105-66-. The van der Waals surface area contributed by atoms with Gasteiger partial charge in [0.25, 0.3) is 35.4 Å². The Morgan fingerprint density at radius 1 is 0.217 bits per heavy atom. The number of aliphatic hydroxyl groups is 6. The van der Waals surface area contributed by atoms with Crippen LogP contribution in [-0.4, -0.2) is 350 Å². The average molecular weight is 2110 g/mol. The van der Waals surface area contributed by atoms with E-state index in [-0.39, 0.29) is 91.9 Å². The van der Waals surface area contributed by atoms with Gasteiger partial charge in [-0.3, -0.25) is 13.6 Å². The molecule has 47 heteroatoms. The van der Waals surface area contributed by atoms with Crippen LogP contribution in [0.5, 0.6) is 51.7 Å². The SMILES string of the molecule is CN(/N=C\c1ccc(O[P+]([S-])(Oc2ccc(/C=N\N(C)[P+]([S-])(Oc3ccc(/C=N\N=C(O)C[N+](C)(C)C)cc3)Oc3ccc(/C=N\N=C(O)C[N+](C)(C)C)cc3)cc2)Oc2ccc(/C=N\N(C)[P+]([S-])(Oc3ccc(/C=N\N=C(O)C[N+](C)(C)C)cc3)Oc3ccc(/C=N\N=C(O)C[N+](C)(C)C)cc3)cc2)cc1)[P+]([S-])(Oc1ccc(/C=N\N=C(O)C[N+](C)(C)C)cc1)Oc1ccc(/C=N\N=C(O)C[N+](C)(C)C)cc1. The van der Waals surface area contributed by atoms with E-state index in [1.54, 1.807) is 258 Å². The Morgan fingerprint density at radius 2 is 0.336 bits per heavy atom. The van der Waals surface area contributed by atoms with Gasteiger partial charge in [-0.05, 0) is 268 Å². The summed E-state index contributed by atoms with van der Waals surface area (Å²) in [5.74, 6) is 2.17. The highest BCUT2D eigenvalue weighted by atomic mass is 32.7. The highest BCUT2D eigenvalue weighted by Crippen LogP contribution is 2.64. The van der Waals surface area contributed by atoms with Crippen LogP contribution in [-0.2, 0) is 49.0 Å². The fraction of sp³-hybridized carbons (Fsp3) is 0.281. The largest absolute Gasteiger partial charge is 0.491 e. The number of rotatable bonds is 51. The zero-order valence-electron chi connectivity index (χ0n) is 83.7. The minimum absolute atomic E-state index is 0.120. The first-order chi connectivity index (χ1) is 67.0. The van der Waals surface area contributed by atoms with E-state index >= 15 is 0 Å². The second-order valence-electron chi connectivity index (χ2n) is 38.3. The molecular weight excluding hydrogens is 1980 g/mol. The molecule has 0 unspecified atom stereocenters. The van der Waals surface area contributed by atoms with Gasteiger partial charge in [0, 0.05) is 0 Å². The molecule has 9 aromatic rings. The number of benzene rings is 9. The Hall–Kier alpha value is -12.7. The Morgan fingerprint density at radius 3 is 0.462 bits per heavy atom. The van der Waals surface area contributed by atoms with Crippen molar-refractivity contribution in [1.82, 2.24) is 14.3 Å². The van der Waals surface area contributed by atoms with Gasteiger partial charge < -0.3 is 134 Å². The van der Waals surface area contributed by atoms with E-state index in [0.29, 0.717) is 111 Å². The fourth-order valence-electron chi connectivity index (χ4n) is 11.5. The third kappa shape index (κ3) is 42.8. The summed E-state index contributed by atoms with van der Waals surface area (Å²) in [4.78, 5) is 0. The first-order valence-electron chi connectivity index (χ1n) is 44.0. The first kappa shape index (κ1) is 114. The van der Waals surface area contributed by atoms with Crippen LogP contribution in [0.1, 0.15) is 50.1 Å². The molecule has 758 valence electrons. The maximum atomic E-state index is 10.4. The van der Waals surface area contributed by atoms with E-state index in [4.69, 9.17) is 105 Å². The molecule has 9 rings (SSSR count). The van der Waals surface area contributed by atoms with Crippen LogP contribution in [0.25, 0.3) is 0 Å². The van der Waals surface area contributed by atoms with Crippen molar-refractivity contribution in [3.63, 3.8) is 0 Å². The number of hydrazone groups is 3. The lowest BCUT2D eigenvalue weighted by molar-refractivity contribution is -0.861. The first-order valence-corrected chi connectivity index (χ1v) is 54.3. The van der Waals surface area contributed by atoms with Crippen LogP contribution in [0, 0.1) is 0 Å². The van der Waals surface area contributed by atoms with Crippen molar-refractivity contribution in [2.45, 2.75) is 0 Å². The van der Waals surface area contributed by atoms with E-state index in [0.717, 1.165) is 0 Å². The van der Waals surface area contributed by atoms with Crippen LogP contribution in [0.3, 0.4) is 0 Å². The zero-order chi connectivity index (χ0) is 105. The van der Waals surface area contributed by atoms with Crippen molar-refractivity contribution in [2.24, 2.45) is 76.5 Å². The molecule has 0 spiro atoms. The molecule has 0 radical (unpaired) electrons. The summed E-state index contributed by atoms with van der Waals surface area (Å²) in [6, 6.07) is 61.9. The van der Waals surface area contributed by atoms with Gasteiger partial charge in [-0.25, -0.2) is 0 Å². The third-order valence-corrected chi connectivity index (χ3v) is 28.6. The number of hydrogen-bond donors (Lipinski definition) is 6. The van der Waals surface area contributed by atoms with Crippen molar-refractivity contribution < 1.29 is 98.3 Å². The molecule has 0 saturated heterocycles. The topological polar surface area (TPSA) is 400 Å². The van der Waals surface area contributed by atoms with Crippen molar-refractivity contribution in [3.8, 4) is 51.7 Å². The summed E-state index contributed by atoms with van der Waals surface area (Å²) in [6.45, 7) is 1.69. The molecule has 0 aliphatic rings. The molecular formula is C96H126N24O15P4S4+6. The summed E-state index contributed by atoms with van der Waals surface area (Å²) in [7, 11) is 24.7. The van der Waals surface area contributed by atoms with Gasteiger partial charge in [-0.1, -0.05) is 0 Å². The number of aliphatic hydroxyl groups excluding tert-OH is 6. The monoisotopic (exact) mass is 2110 g/mol. The van der Waals surface area contributed by atoms with Crippen LogP contribution in [0.15, 0.2) is 295 Å². The lowest BCUT2D eigenvalue weighted by atomic mass is 10.2. The molecule has 0 aliphatic heterocycles. The van der Waals surface area contributed by atoms with Crippen molar-refractivity contribution >= 4 is 169 Å². The number of nitrogens with zero attached hydrogens (tertiary/aromatic N) is 24. The predicted octanol–water partition coefficient (Wildman–Crippen LogP) is 16.4. The molecule has 0 aliphatic carbocycles. The average Bonchev–Trinajstić information content (AvgIpc) is 0.819. The van der Waals surface area contributed by atoms with Gasteiger partial charge in [0.15, 0.2) is 91.0 Å². The number of quaternary nitrogens is 6. The van der Waals surface area contributed by atoms with Gasteiger partial charge in [-0.15, -0.1) is 60.3 Å². The molecule has 9 aromatic carbocycles. The van der Waals surface area contributed by atoms with Crippen molar-refractivity contribution in [2.75, 3.05) is 187 Å². The van der Waals surface area contributed by atoms with E-state index in [1.807, 2.05) is 127 Å². The van der Waals surface area contributed by atoms with Crippen molar-refractivity contribution in [3.05, 3.63) is 268 Å². The minimum Gasteiger partial charge on any atom is -0.491 e. The quantitative estimate of drug-likeness (QED) is 0.00515. The third-order valence-electron chi connectivity index (χ3n) is 18.1. The lowest BCUT2D eigenvalue weighted by Crippen LogP contribution is -2.39. The normalized spacial score (nSPS) is 15.2. The van der Waals surface area contributed by atoms with Crippen LogP contribution in [0.4, 0.5) is 0 Å². The Balaban J connectivity index is 1.01. The maximum Gasteiger partial charge on any atom is 0.424 e. The molecule has 0 atom stereocenters. The van der Waals surface area contributed by atoms with Gasteiger partial charge in [0.05, 0.1) is 204 Å². The summed E-state index contributed by atoms with van der Waals surface area (Å²) in [5.41, 5.74) is 5.73. The van der Waals surface area contributed by atoms with Gasteiger partial charge in [-0.2, -0.15) is 30.6 Å². The molecule has 0 saturated carbocycles. The van der Waals surface area contributed by atoms with Gasteiger partial charge >= 0.3 is 28.4 Å². The van der Waals surface area contributed by atoms with Gasteiger partial charge in [0.1, 0.15) is 0 Å². The maximum absolute atomic E-state index is 10.4. The fourth-order valence-corrected chi connectivity index (χ4v) is 19.2. The predicted molar refractivity (Wildman–Crippen MR) is 590 cm³/mol. The molecule has 143 heavy (non-hydrogen) atoms. The molecule has 0 bridgehead atoms. The number of likely N-dealkylation sites (N-methyl/N-ethyl adjacent to an activating group) is 6. The molecule has 0 aromatic heterocycles. The highest BCUT2D eigenvalue weighted by molar-refractivity contribution is 8.38. The molecule has 6 N–H and O–H groups in total. The van der Waals surface area contributed by atoms with Crippen LogP contribution < -0.4 is 40.7 Å². The lowest BCUT2D eigenvalue weighted by Gasteiger charge is -2.33. The molecule has 0 fully saturated rings. The van der Waals surface area contributed by atoms with E-state index in [9.17, 15) is 30.6 Å². The highest BCUT2D eigenvalue weighted by Gasteiger charge is 2.41. The Labute approximate surface area is 859 Å². The van der Waals surface area contributed by atoms with E-state index in [2.05, 4.69) is 61.2 Å². The Kier molecular flexibility index (Phi) is 41.0.